The van der Waals surface area contributed by atoms with E-state index in [-0.39, 0.29) is 12.4 Å². The van der Waals surface area contributed by atoms with Crippen LogP contribution in [-0.4, -0.2) is 43.9 Å². The van der Waals surface area contributed by atoms with E-state index in [0.29, 0.717) is 6.61 Å². The Hall–Kier alpha value is -2.95. The molecule has 0 aliphatic carbocycles. The average Bonchev–Trinajstić information content (AvgIpc) is 2.86. The number of halogens is 1. The van der Waals surface area contributed by atoms with Gasteiger partial charge in [-0.15, -0.1) is 12.4 Å². The lowest BCUT2D eigenvalue weighted by Crippen LogP contribution is -2.34. The molecule has 0 bridgehead atoms. The quantitative estimate of drug-likeness (QED) is 0.322. The normalized spacial score (nSPS) is 14.1. The van der Waals surface area contributed by atoms with Crippen molar-refractivity contribution in [1.82, 2.24) is 4.90 Å². The van der Waals surface area contributed by atoms with E-state index in [0.717, 1.165) is 53.6 Å². The van der Waals surface area contributed by atoms with Crippen molar-refractivity contribution in [3.63, 3.8) is 0 Å². The minimum absolute atomic E-state index is 0. The van der Waals surface area contributed by atoms with E-state index < -0.39 is 5.60 Å². The molecule has 186 valence electrons. The van der Waals surface area contributed by atoms with Gasteiger partial charge in [-0.2, -0.15) is 0 Å². The Kier molecular flexibility index (Phi) is 8.87. The first-order chi connectivity index (χ1) is 16.5. The van der Waals surface area contributed by atoms with Crippen molar-refractivity contribution in [1.29, 1.82) is 0 Å². The maximum Gasteiger partial charge on any atom is 0.132 e. The highest BCUT2D eigenvalue weighted by Crippen LogP contribution is 2.48. The van der Waals surface area contributed by atoms with Gasteiger partial charge in [0.2, 0.25) is 0 Å². The Morgan fingerprint density at radius 2 is 1.49 bits per heavy atom. The summed E-state index contributed by atoms with van der Waals surface area (Å²) in [6.07, 6.45) is 0. The lowest BCUT2D eigenvalue weighted by atomic mass is 9.79. The maximum absolute atomic E-state index is 6.53. The molecule has 0 unspecified atom stereocenters. The van der Waals surface area contributed by atoms with Gasteiger partial charge in [0, 0.05) is 29.3 Å². The van der Waals surface area contributed by atoms with E-state index in [4.69, 9.17) is 14.2 Å². The molecular formula is C30H36ClNO3. The third-order valence-electron chi connectivity index (χ3n) is 6.45. The molecule has 0 fully saturated rings. The summed E-state index contributed by atoms with van der Waals surface area (Å²) in [5.74, 6) is 2.51. The predicted octanol–water partition coefficient (Wildman–Crippen LogP) is 6.97. The second-order valence-corrected chi connectivity index (χ2v) is 8.99. The summed E-state index contributed by atoms with van der Waals surface area (Å²) < 4.78 is 18.0. The molecular weight excluding hydrogens is 458 g/mol. The van der Waals surface area contributed by atoms with Crippen LogP contribution in [0.25, 0.3) is 11.1 Å². The molecule has 3 aromatic rings. The predicted molar refractivity (Wildman–Crippen MR) is 147 cm³/mol. The van der Waals surface area contributed by atoms with Gasteiger partial charge in [-0.25, -0.2) is 0 Å². The molecule has 0 atom stereocenters. The summed E-state index contributed by atoms with van der Waals surface area (Å²) in [6.45, 7) is 12.3. The van der Waals surface area contributed by atoms with Crippen molar-refractivity contribution in [3.8, 4) is 17.2 Å². The van der Waals surface area contributed by atoms with Crippen molar-refractivity contribution in [2.45, 2.75) is 33.3 Å². The lowest BCUT2D eigenvalue weighted by Gasteiger charge is -2.38. The summed E-state index contributed by atoms with van der Waals surface area (Å²) in [5, 5.41) is 0. The molecule has 3 aromatic carbocycles. The van der Waals surface area contributed by atoms with Crippen molar-refractivity contribution in [2.75, 3.05) is 33.4 Å². The minimum Gasteiger partial charge on any atom is -0.497 e. The van der Waals surface area contributed by atoms with Crippen LogP contribution in [0.2, 0.25) is 0 Å². The summed E-state index contributed by atoms with van der Waals surface area (Å²) in [4.78, 5) is 2.36. The summed E-state index contributed by atoms with van der Waals surface area (Å²) >= 11 is 0. The van der Waals surface area contributed by atoms with Crippen LogP contribution in [0.4, 0.5) is 0 Å². The van der Waals surface area contributed by atoms with E-state index >= 15 is 0 Å². The van der Waals surface area contributed by atoms with E-state index in [1.165, 1.54) is 11.1 Å². The van der Waals surface area contributed by atoms with Gasteiger partial charge in [-0.1, -0.05) is 56.3 Å². The van der Waals surface area contributed by atoms with E-state index in [9.17, 15) is 0 Å². The molecule has 0 N–H and O–H groups in total. The number of benzene rings is 3. The first-order valence-corrected chi connectivity index (χ1v) is 12.1. The molecule has 0 radical (unpaired) electrons. The van der Waals surface area contributed by atoms with Crippen LogP contribution >= 0.6 is 12.4 Å². The highest BCUT2D eigenvalue weighted by molar-refractivity contribution is 6.04. The first-order valence-electron chi connectivity index (χ1n) is 12.1. The highest BCUT2D eigenvalue weighted by Gasteiger charge is 2.36. The second kappa shape index (κ2) is 11.7. The van der Waals surface area contributed by atoms with Gasteiger partial charge < -0.3 is 19.1 Å². The van der Waals surface area contributed by atoms with Crippen LogP contribution in [0.1, 0.15) is 44.4 Å². The van der Waals surface area contributed by atoms with Gasteiger partial charge in [0.25, 0.3) is 0 Å². The molecule has 1 aliphatic heterocycles. The fourth-order valence-corrected chi connectivity index (χ4v) is 4.63. The van der Waals surface area contributed by atoms with Gasteiger partial charge in [0.1, 0.15) is 29.5 Å². The average molecular weight is 494 g/mol. The molecule has 0 amide bonds. The van der Waals surface area contributed by atoms with Crippen molar-refractivity contribution in [3.05, 3.63) is 89.5 Å². The number of ether oxygens (including phenoxy) is 3. The molecule has 1 aliphatic rings. The standard InChI is InChI=1S/C30H35NO3.ClH/c1-6-31(7-2)19-20-33-24-15-13-22(14-16-24)28-26-18-17-25(32-5)21-27(26)34-30(3,4)29(28)23-11-9-8-10-12-23;/h8-18,21H,6-7,19-20H2,1-5H3;1H. The zero-order valence-electron chi connectivity index (χ0n) is 21.3. The smallest absolute Gasteiger partial charge is 0.132 e. The highest BCUT2D eigenvalue weighted by atomic mass is 35.5. The Morgan fingerprint density at radius 3 is 2.11 bits per heavy atom. The van der Waals surface area contributed by atoms with Gasteiger partial charge >= 0.3 is 0 Å². The van der Waals surface area contributed by atoms with Crippen LogP contribution in [0.3, 0.4) is 0 Å². The second-order valence-electron chi connectivity index (χ2n) is 8.99. The molecule has 1 heterocycles. The molecule has 5 heteroatoms. The topological polar surface area (TPSA) is 30.9 Å². The first kappa shape index (κ1) is 26.7. The minimum atomic E-state index is -0.519. The summed E-state index contributed by atoms with van der Waals surface area (Å²) in [6, 6.07) is 25.0. The van der Waals surface area contributed by atoms with Crippen LogP contribution in [0.15, 0.2) is 72.8 Å². The lowest BCUT2D eigenvalue weighted by molar-refractivity contribution is 0.168. The van der Waals surface area contributed by atoms with E-state index in [1.54, 1.807) is 7.11 Å². The van der Waals surface area contributed by atoms with Crippen LogP contribution in [0, 0.1) is 0 Å². The van der Waals surface area contributed by atoms with Gasteiger partial charge in [0.05, 0.1) is 7.11 Å². The fourth-order valence-electron chi connectivity index (χ4n) is 4.63. The largest absolute Gasteiger partial charge is 0.497 e. The monoisotopic (exact) mass is 493 g/mol. The molecule has 0 aromatic heterocycles. The Labute approximate surface area is 215 Å². The van der Waals surface area contributed by atoms with E-state index in [1.807, 2.05) is 18.2 Å². The number of fused-ring (bicyclic) bond motifs is 1. The van der Waals surface area contributed by atoms with Crippen LogP contribution in [-0.2, 0) is 0 Å². The summed E-state index contributed by atoms with van der Waals surface area (Å²) in [5.41, 5.74) is 5.18. The van der Waals surface area contributed by atoms with Crippen LogP contribution in [0.5, 0.6) is 17.2 Å². The molecule has 4 nitrogen and oxygen atoms in total. The molecule has 0 saturated carbocycles. The molecule has 4 rings (SSSR count). The van der Waals surface area contributed by atoms with Crippen molar-refractivity contribution >= 4 is 23.6 Å². The number of likely N-dealkylation sites (N-methyl/N-ethyl adjacent to an activating group) is 1. The number of rotatable bonds is 9. The number of hydrogen-bond acceptors (Lipinski definition) is 4. The zero-order chi connectivity index (χ0) is 24.1. The number of nitrogens with zero attached hydrogens (tertiary/aromatic N) is 1. The van der Waals surface area contributed by atoms with Crippen molar-refractivity contribution < 1.29 is 14.2 Å². The Balaban J connectivity index is 0.00000342. The van der Waals surface area contributed by atoms with Gasteiger partial charge in [-0.05, 0) is 62.3 Å². The third kappa shape index (κ3) is 5.83. The molecule has 0 spiro atoms. The Bertz CT molecular complexity index is 1140. The summed E-state index contributed by atoms with van der Waals surface area (Å²) in [7, 11) is 1.68. The van der Waals surface area contributed by atoms with E-state index in [2.05, 4.69) is 87.2 Å². The zero-order valence-corrected chi connectivity index (χ0v) is 22.2. The number of hydrogen-bond donors (Lipinski definition) is 0. The van der Waals surface area contributed by atoms with Crippen LogP contribution < -0.4 is 14.2 Å². The maximum atomic E-state index is 6.53. The number of methoxy groups -OCH3 is 1. The van der Waals surface area contributed by atoms with Gasteiger partial charge in [-0.3, -0.25) is 0 Å². The SMILES string of the molecule is CCN(CC)CCOc1ccc(C2=C(c3ccccc3)C(C)(C)Oc3cc(OC)ccc32)cc1.Cl. The fraction of sp³-hybridized carbons (Fsp3) is 0.333. The van der Waals surface area contributed by atoms with Crippen molar-refractivity contribution in [2.24, 2.45) is 0 Å². The van der Waals surface area contributed by atoms with Gasteiger partial charge in [0.15, 0.2) is 0 Å². The molecule has 35 heavy (non-hydrogen) atoms. The third-order valence-corrected chi connectivity index (χ3v) is 6.45. The molecule has 0 saturated heterocycles. The Morgan fingerprint density at radius 1 is 0.829 bits per heavy atom.